The Hall–Kier alpha value is -1.66. The van der Waals surface area contributed by atoms with Crippen LogP contribution in [-0.4, -0.2) is 49.9 Å². The number of likely N-dealkylation sites (N-methyl/N-ethyl adjacent to an activating group) is 1. The fourth-order valence-electron chi connectivity index (χ4n) is 1.75. The van der Waals surface area contributed by atoms with Crippen molar-refractivity contribution >= 4 is 11.7 Å². The molecular weight excluding hydrogens is 246 g/mol. The lowest BCUT2D eigenvalue weighted by Gasteiger charge is -2.20. The van der Waals surface area contributed by atoms with Crippen LogP contribution in [0.3, 0.4) is 0 Å². The third-order valence-corrected chi connectivity index (χ3v) is 2.66. The van der Waals surface area contributed by atoms with Crippen molar-refractivity contribution in [3.8, 4) is 0 Å². The highest BCUT2D eigenvalue weighted by atomic mass is 16.5. The molecule has 1 amide bonds. The molecule has 0 spiro atoms. The lowest BCUT2D eigenvalue weighted by atomic mass is 10.2. The molecule has 0 aliphatic heterocycles. The second-order valence-corrected chi connectivity index (χ2v) is 4.34. The molecule has 2 N–H and O–H groups in total. The molecule has 0 aliphatic carbocycles. The number of ether oxygens (including phenoxy) is 1. The monoisotopic (exact) mass is 267 g/mol. The second-order valence-electron chi connectivity index (χ2n) is 4.34. The molecule has 6 nitrogen and oxygen atoms in total. The third-order valence-electron chi connectivity index (χ3n) is 2.66. The van der Waals surface area contributed by atoms with Gasteiger partial charge in [0.2, 0.25) is 5.91 Å². The molecule has 1 aromatic rings. The van der Waals surface area contributed by atoms with Crippen LogP contribution in [0, 0.1) is 6.92 Å². The van der Waals surface area contributed by atoms with Crippen LogP contribution >= 0.6 is 0 Å². The van der Waals surface area contributed by atoms with E-state index in [1.807, 2.05) is 20.0 Å². The summed E-state index contributed by atoms with van der Waals surface area (Å²) in [6.45, 7) is 3.10. The summed E-state index contributed by atoms with van der Waals surface area (Å²) in [6.07, 6.45) is 1.61. The molecule has 6 heteroatoms. The number of nitrogens with zero attached hydrogens (tertiary/aromatic N) is 2. The van der Waals surface area contributed by atoms with Crippen molar-refractivity contribution in [2.24, 2.45) is 0 Å². The SMILES string of the molecule is COCCNC(=O)CN(C)c1ncc(CO)cc1C. The van der Waals surface area contributed by atoms with Gasteiger partial charge in [-0.05, 0) is 24.1 Å². The van der Waals surface area contributed by atoms with Gasteiger partial charge in [-0.2, -0.15) is 0 Å². The van der Waals surface area contributed by atoms with Crippen molar-refractivity contribution in [3.05, 3.63) is 23.4 Å². The topological polar surface area (TPSA) is 74.7 Å². The first-order valence-corrected chi connectivity index (χ1v) is 6.11. The number of carbonyl (C=O) groups excluding carboxylic acids is 1. The van der Waals surface area contributed by atoms with E-state index in [4.69, 9.17) is 9.84 Å². The van der Waals surface area contributed by atoms with Crippen molar-refractivity contribution in [1.29, 1.82) is 0 Å². The minimum absolute atomic E-state index is 0.0324. The van der Waals surface area contributed by atoms with Crippen molar-refractivity contribution in [3.63, 3.8) is 0 Å². The highest BCUT2D eigenvalue weighted by Crippen LogP contribution is 2.16. The molecular formula is C13H21N3O3. The van der Waals surface area contributed by atoms with Gasteiger partial charge in [0.1, 0.15) is 5.82 Å². The van der Waals surface area contributed by atoms with Gasteiger partial charge in [-0.3, -0.25) is 4.79 Å². The highest BCUT2D eigenvalue weighted by Gasteiger charge is 2.10. The number of amides is 1. The molecule has 0 saturated heterocycles. The zero-order valence-electron chi connectivity index (χ0n) is 11.6. The van der Waals surface area contributed by atoms with Crippen LogP contribution in [-0.2, 0) is 16.1 Å². The van der Waals surface area contributed by atoms with Gasteiger partial charge in [-0.1, -0.05) is 0 Å². The zero-order valence-corrected chi connectivity index (χ0v) is 11.6. The minimum atomic E-state index is -0.0769. The summed E-state index contributed by atoms with van der Waals surface area (Å²) in [6, 6.07) is 1.86. The number of aromatic nitrogens is 1. The standard InChI is InChI=1S/C13H21N3O3/c1-10-6-11(9-17)7-15-13(10)16(2)8-12(18)14-4-5-19-3/h6-7,17H,4-5,8-9H2,1-3H3,(H,14,18). The minimum Gasteiger partial charge on any atom is -0.392 e. The van der Waals surface area contributed by atoms with Gasteiger partial charge >= 0.3 is 0 Å². The van der Waals surface area contributed by atoms with E-state index in [2.05, 4.69) is 10.3 Å². The Labute approximate surface area is 113 Å². The van der Waals surface area contributed by atoms with E-state index in [1.54, 1.807) is 18.2 Å². The smallest absolute Gasteiger partial charge is 0.239 e. The van der Waals surface area contributed by atoms with E-state index in [-0.39, 0.29) is 19.1 Å². The van der Waals surface area contributed by atoms with Crippen molar-refractivity contribution < 1.29 is 14.6 Å². The van der Waals surface area contributed by atoms with Gasteiger partial charge in [0.15, 0.2) is 0 Å². The van der Waals surface area contributed by atoms with Gasteiger partial charge < -0.3 is 20.1 Å². The summed E-state index contributed by atoms with van der Waals surface area (Å²) in [5, 5.41) is 11.8. The van der Waals surface area contributed by atoms with Crippen molar-refractivity contribution in [2.75, 3.05) is 38.8 Å². The number of methoxy groups -OCH3 is 1. The molecule has 0 atom stereocenters. The number of hydrogen-bond acceptors (Lipinski definition) is 5. The van der Waals surface area contributed by atoms with E-state index >= 15 is 0 Å². The summed E-state index contributed by atoms with van der Waals surface area (Å²) in [5.41, 5.74) is 1.69. The van der Waals surface area contributed by atoms with Crippen LogP contribution < -0.4 is 10.2 Å². The highest BCUT2D eigenvalue weighted by molar-refractivity contribution is 5.81. The summed E-state index contributed by atoms with van der Waals surface area (Å²) in [5.74, 6) is 0.658. The van der Waals surface area contributed by atoms with Crippen LogP contribution in [0.25, 0.3) is 0 Å². The molecule has 0 aromatic carbocycles. The molecule has 0 bridgehead atoms. The maximum absolute atomic E-state index is 11.7. The summed E-state index contributed by atoms with van der Waals surface area (Å²) >= 11 is 0. The molecule has 0 saturated carbocycles. The first-order chi connectivity index (χ1) is 9.08. The van der Waals surface area contributed by atoms with Crippen LogP contribution in [0.2, 0.25) is 0 Å². The molecule has 0 aliphatic rings. The van der Waals surface area contributed by atoms with Crippen LogP contribution in [0.1, 0.15) is 11.1 Å². The molecule has 106 valence electrons. The predicted molar refractivity (Wildman–Crippen MR) is 73.1 cm³/mol. The second kappa shape index (κ2) is 7.70. The van der Waals surface area contributed by atoms with Gasteiger partial charge in [0.05, 0.1) is 19.8 Å². The van der Waals surface area contributed by atoms with Crippen LogP contribution in [0.5, 0.6) is 0 Å². The number of anilines is 1. The average molecular weight is 267 g/mol. The van der Waals surface area contributed by atoms with Crippen molar-refractivity contribution in [2.45, 2.75) is 13.5 Å². The maximum Gasteiger partial charge on any atom is 0.239 e. The molecule has 0 radical (unpaired) electrons. The predicted octanol–water partition coefficient (Wildman–Crippen LogP) is 0.0811. The lowest BCUT2D eigenvalue weighted by molar-refractivity contribution is -0.119. The van der Waals surface area contributed by atoms with Crippen molar-refractivity contribution in [1.82, 2.24) is 10.3 Å². The molecule has 0 fully saturated rings. The number of aryl methyl sites for hydroxylation is 1. The quantitative estimate of drug-likeness (QED) is 0.684. The number of aliphatic hydroxyl groups excluding tert-OH is 1. The third kappa shape index (κ3) is 4.84. The Morgan fingerprint density at radius 2 is 2.32 bits per heavy atom. The van der Waals surface area contributed by atoms with E-state index in [0.29, 0.717) is 13.2 Å². The molecule has 19 heavy (non-hydrogen) atoms. The Kier molecular flexibility index (Phi) is 6.24. The van der Waals surface area contributed by atoms with Gasteiger partial charge in [-0.15, -0.1) is 0 Å². The largest absolute Gasteiger partial charge is 0.392 e. The Bertz CT molecular complexity index is 424. The van der Waals surface area contributed by atoms with Gasteiger partial charge in [0, 0.05) is 26.9 Å². The molecule has 1 rings (SSSR count). The molecule has 1 aromatic heterocycles. The maximum atomic E-state index is 11.7. The first kappa shape index (κ1) is 15.4. The Balaban J connectivity index is 2.57. The number of hydrogen-bond donors (Lipinski definition) is 2. The number of rotatable bonds is 7. The molecule has 1 heterocycles. The van der Waals surface area contributed by atoms with Crippen LogP contribution in [0.15, 0.2) is 12.3 Å². The Morgan fingerprint density at radius 1 is 1.58 bits per heavy atom. The normalized spacial score (nSPS) is 10.3. The number of nitrogens with one attached hydrogen (secondary N) is 1. The summed E-state index contributed by atoms with van der Waals surface area (Å²) in [4.78, 5) is 17.7. The Morgan fingerprint density at radius 3 is 2.89 bits per heavy atom. The number of pyridine rings is 1. The fourth-order valence-corrected chi connectivity index (χ4v) is 1.75. The van der Waals surface area contributed by atoms with Crippen LogP contribution in [0.4, 0.5) is 5.82 Å². The number of carbonyl (C=O) groups is 1. The zero-order chi connectivity index (χ0) is 14.3. The van der Waals surface area contributed by atoms with Gasteiger partial charge in [0.25, 0.3) is 0 Å². The molecule has 0 unspecified atom stereocenters. The van der Waals surface area contributed by atoms with E-state index < -0.39 is 0 Å². The summed E-state index contributed by atoms with van der Waals surface area (Å²) < 4.78 is 4.86. The van der Waals surface area contributed by atoms with E-state index in [1.165, 1.54) is 0 Å². The first-order valence-electron chi connectivity index (χ1n) is 6.11. The average Bonchev–Trinajstić information content (AvgIpc) is 2.38. The van der Waals surface area contributed by atoms with Gasteiger partial charge in [-0.25, -0.2) is 4.98 Å². The lowest BCUT2D eigenvalue weighted by Crippen LogP contribution is -2.37. The summed E-state index contributed by atoms with van der Waals surface area (Å²) in [7, 11) is 3.40. The number of aliphatic hydroxyl groups is 1. The fraction of sp³-hybridized carbons (Fsp3) is 0.538. The van der Waals surface area contributed by atoms with E-state index in [9.17, 15) is 4.79 Å². The van der Waals surface area contributed by atoms with E-state index in [0.717, 1.165) is 16.9 Å².